The highest BCUT2D eigenvalue weighted by atomic mass is 16.5. The third-order valence-electron chi connectivity index (χ3n) is 4.60. The van der Waals surface area contributed by atoms with Crippen molar-refractivity contribution in [3.63, 3.8) is 0 Å². The van der Waals surface area contributed by atoms with Gasteiger partial charge in [-0.05, 0) is 50.2 Å². The van der Waals surface area contributed by atoms with Crippen LogP contribution in [0.4, 0.5) is 21.9 Å². The lowest BCUT2D eigenvalue weighted by Gasteiger charge is -2.36. The Labute approximate surface area is 176 Å². The van der Waals surface area contributed by atoms with Gasteiger partial charge in [-0.3, -0.25) is 10.1 Å². The Hall–Kier alpha value is -3.26. The largest absolute Gasteiger partial charge is 0.482 e. The summed E-state index contributed by atoms with van der Waals surface area (Å²) in [5.74, 6) is 0.0770. The Morgan fingerprint density at radius 3 is 2.37 bits per heavy atom. The van der Waals surface area contributed by atoms with Crippen LogP contribution in [0.15, 0.2) is 48.5 Å². The van der Waals surface area contributed by atoms with Crippen molar-refractivity contribution in [1.82, 2.24) is 0 Å². The molecule has 1 heterocycles. The van der Waals surface area contributed by atoms with Gasteiger partial charge in [-0.15, -0.1) is 0 Å². The number of benzene rings is 2. The molecule has 3 rings (SSSR count). The lowest BCUT2D eigenvalue weighted by Crippen LogP contribution is -2.45. The summed E-state index contributed by atoms with van der Waals surface area (Å²) in [4.78, 5) is 26.0. The first-order valence-electron chi connectivity index (χ1n) is 9.81. The molecule has 0 aromatic heterocycles. The van der Waals surface area contributed by atoms with Gasteiger partial charge in [-0.25, -0.2) is 4.79 Å². The molecule has 0 unspecified atom stereocenters. The minimum atomic E-state index is -0.611. The molecular weight excluding hydrogens is 386 g/mol. The number of hydrogen-bond donors (Lipinski definition) is 2. The van der Waals surface area contributed by atoms with E-state index in [9.17, 15) is 9.59 Å². The quantitative estimate of drug-likeness (QED) is 0.754. The van der Waals surface area contributed by atoms with Crippen molar-refractivity contribution in [2.24, 2.45) is 0 Å². The van der Waals surface area contributed by atoms with Crippen LogP contribution in [0.2, 0.25) is 0 Å². The van der Waals surface area contributed by atoms with Gasteiger partial charge in [-0.1, -0.05) is 12.1 Å². The molecule has 160 valence electrons. The monoisotopic (exact) mass is 413 g/mol. The van der Waals surface area contributed by atoms with Crippen LogP contribution in [0, 0.1) is 0 Å². The standard InChI is InChI=1S/C22H27N3O5/c1-15-12-25(13-16(2)30-15)18-10-8-17(9-11-18)23-21(26)14-29-20-7-5-4-6-19(20)24-22(27)28-3/h4-11,15-16H,12-14H2,1-3H3,(H,23,26)(H,24,27)/t15-,16+. The summed E-state index contributed by atoms with van der Waals surface area (Å²) in [5, 5.41) is 5.36. The molecule has 8 heteroatoms. The summed E-state index contributed by atoms with van der Waals surface area (Å²) in [6, 6.07) is 14.5. The van der Waals surface area contributed by atoms with Gasteiger partial charge in [0.25, 0.3) is 5.91 Å². The number of rotatable bonds is 6. The van der Waals surface area contributed by atoms with Crippen LogP contribution in [-0.2, 0) is 14.3 Å². The second-order valence-electron chi connectivity index (χ2n) is 7.16. The van der Waals surface area contributed by atoms with Gasteiger partial charge in [0, 0.05) is 24.5 Å². The van der Waals surface area contributed by atoms with Crippen LogP contribution in [0.25, 0.3) is 0 Å². The summed E-state index contributed by atoms with van der Waals surface area (Å²) in [6.45, 7) is 5.61. The van der Waals surface area contributed by atoms with Gasteiger partial charge in [0.2, 0.25) is 0 Å². The van der Waals surface area contributed by atoms with Crippen molar-refractivity contribution in [1.29, 1.82) is 0 Å². The molecule has 30 heavy (non-hydrogen) atoms. The van der Waals surface area contributed by atoms with Crippen molar-refractivity contribution < 1.29 is 23.8 Å². The molecular formula is C22H27N3O5. The molecule has 2 aromatic rings. The number of methoxy groups -OCH3 is 1. The van der Waals surface area contributed by atoms with Crippen LogP contribution in [0.1, 0.15) is 13.8 Å². The highest BCUT2D eigenvalue weighted by Gasteiger charge is 2.22. The number of nitrogens with one attached hydrogen (secondary N) is 2. The topological polar surface area (TPSA) is 89.1 Å². The minimum absolute atomic E-state index is 0.182. The van der Waals surface area contributed by atoms with E-state index >= 15 is 0 Å². The Morgan fingerprint density at radius 1 is 1.03 bits per heavy atom. The molecule has 0 saturated carbocycles. The molecule has 0 spiro atoms. The summed E-state index contributed by atoms with van der Waals surface area (Å²) in [7, 11) is 1.28. The molecule has 0 bridgehead atoms. The number of carbonyl (C=O) groups is 2. The highest BCUT2D eigenvalue weighted by Crippen LogP contribution is 2.24. The molecule has 1 saturated heterocycles. The van der Waals surface area contributed by atoms with E-state index in [1.54, 1.807) is 24.3 Å². The zero-order valence-corrected chi connectivity index (χ0v) is 17.4. The first-order valence-corrected chi connectivity index (χ1v) is 9.81. The fourth-order valence-corrected chi connectivity index (χ4v) is 3.34. The smallest absolute Gasteiger partial charge is 0.411 e. The second-order valence-corrected chi connectivity index (χ2v) is 7.16. The van der Waals surface area contributed by atoms with Crippen molar-refractivity contribution in [2.75, 3.05) is 42.3 Å². The fourth-order valence-electron chi connectivity index (χ4n) is 3.34. The minimum Gasteiger partial charge on any atom is -0.482 e. The molecule has 2 amide bonds. The number of amides is 2. The van der Waals surface area contributed by atoms with Gasteiger partial charge >= 0.3 is 6.09 Å². The Bertz CT molecular complexity index is 861. The predicted molar refractivity (Wildman–Crippen MR) is 115 cm³/mol. The number of ether oxygens (including phenoxy) is 3. The fraction of sp³-hybridized carbons (Fsp3) is 0.364. The molecule has 1 aliphatic rings. The molecule has 1 aliphatic heterocycles. The highest BCUT2D eigenvalue weighted by molar-refractivity contribution is 5.92. The number of carbonyl (C=O) groups excluding carboxylic acids is 2. The van der Waals surface area contributed by atoms with Crippen molar-refractivity contribution >= 4 is 29.1 Å². The average molecular weight is 413 g/mol. The summed E-state index contributed by atoms with van der Waals surface area (Å²) < 4.78 is 15.9. The van der Waals surface area contributed by atoms with E-state index in [1.807, 2.05) is 24.3 Å². The molecule has 1 fully saturated rings. The maximum atomic E-state index is 12.3. The molecule has 2 aromatic carbocycles. The molecule has 0 aliphatic carbocycles. The third-order valence-corrected chi connectivity index (χ3v) is 4.60. The van der Waals surface area contributed by atoms with E-state index in [2.05, 4.69) is 34.1 Å². The van der Waals surface area contributed by atoms with Crippen molar-refractivity contribution in [3.8, 4) is 5.75 Å². The van der Waals surface area contributed by atoms with Gasteiger partial charge in [-0.2, -0.15) is 0 Å². The van der Waals surface area contributed by atoms with Gasteiger partial charge in [0.15, 0.2) is 6.61 Å². The molecule has 8 nitrogen and oxygen atoms in total. The van der Waals surface area contributed by atoms with E-state index in [-0.39, 0.29) is 24.7 Å². The van der Waals surface area contributed by atoms with Crippen LogP contribution in [0.3, 0.4) is 0 Å². The van der Waals surface area contributed by atoms with E-state index in [1.165, 1.54) is 7.11 Å². The molecule has 2 atom stereocenters. The molecule has 0 radical (unpaired) electrons. The Kier molecular flexibility index (Phi) is 7.13. The van der Waals surface area contributed by atoms with E-state index in [0.717, 1.165) is 18.8 Å². The number of hydrogen-bond acceptors (Lipinski definition) is 6. The average Bonchev–Trinajstić information content (AvgIpc) is 2.73. The van der Waals surface area contributed by atoms with E-state index in [0.29, 0.717) is 17.1 Å². The molecule has 2 N–H and O–H groups in total. The van der Waals surface area contributed by atoms with Gasteiger partial charge in [0.05, 0.1) is 25.0 Å². The Balaban J connectivity index is 1.54. The first-order chi connectivity index (χ1) is 14.4. The van der Waals surface area contributed by atoms with E-state index in [4.69, 9.17) is 9.47 Å². The van der Waals surface area contributed by atoms with Crippen LogP contribution in [0.5, 0.6) is 5.75 Å². The predicted octanol–water partition coefficient (Wildman–Crippen LogP) is 3.50. The SMILES string of the molecule is COC(=O)Nc1ccccc1OCC(=O)Nc1ccc(N2C[C@@H](C)O[C@@H](C)C2)cc1. The lowest BCUT2D eigenvalue weighted by molar-refractivity contribution is -0.118. The number of morpholine rings is 1. The van der Waals surface area contributed by atoms with Crippen molar-refractivity contribution in [2.45, 2.75) is 26.1 Å². The van der Waals surface area contributed by atoms with E-state index < -0.39 is 6.09 Å². The van der Waals surface area contributed by atoms with Crippen molar-refractivity contribution in [3.05, 3.63) is 48.5 Å². The van der Waals surface area contributed by atoms with Gasteiger partial charge < -0.3 is 24.4 Å². The van der Waals surface area contributed by atoms with Crippen LogP contribution >= 0.6 is 0 Å². The summed E-state index contributed by atoms with van der Waals surface area (Å²) >= 11 is 0. The normalized spacial score (nSPS) is 18.4. The summed E-state index contributed by atoms with van der Waals surface area (Å²) in [6.07, 6.45) is -0.247. The maximum absolute atomic E-state index is 12.3. The first kappa shape index (κ1) is 21.4. The number of para-hydroxylation sites is 2. The maximum Gasteiger partial charge on any atom is 0.411 e. The third kappa shape index (κ3) is 5.87. The Morgan fingerprint density at radius 2 is 1.70 bits per heavy atom. The van der Waals surface area contributed by atoms with Crippen LogP contribution < -0.4 is 20.3 Å². The zero-order chi connectivity index (χ0) is 21.5. The van der Waals surface area contributed by atoms with Crippen LogP contribution in [-0.4, -0.2) is 51.0 Å². The zero-order valence-electron chi connectivity index (χ0n) is 17.4. The second kappa shape index (κ2) is 9.98. The summed E-state index contributed by atoms with van der Waals surface area (Å²) in [5.41, 5.74) is 2.20. The lowest BCUT2D eigenvalue weighted by atomic mass is 10.2. The number of anilines is 3. The number of nitrogens with zero attached hydrogens (tertiary/aromatic N) is 1. The van der Waals surface area contributed by atoms with Gasteiger partial charge in [0.1, 0.15) is 5.75 Å².